The zero-order chi connectivity index (χ0) is 16.0. The second kappa shape index (κ2) is 7.47. The van der Waals surface area contributed by atoms with Crippen molar-refractivity contribution in [3.05, 3.63) is 23.8 Å². The average molecular weight is 308 g/mol. The minimum absolute atomic E-state index is 0.0636. The summed E-state index contributed by atoms with van der Waals surface area (Å²) in [4.78, 5) is 12.5. The molecule has 1 heterocycles. The Balaban J connectivity index is 2.01. The molecule has 122 valence electrons. The van der Waals surface area contributed by atoms with Crippen molar-refractivity contribution in [2.45, 2.75) is 25.0 Å². The largest absolute Gasteiger partial charge is 0.493 e. The number of hydrogen-bond donors (Lipinski definition) is 2. The molecule has 0 aliphatic carbocycles. The molecule has 0 atom stereocenters. The molecular formula is C16H24N2O4. The molecule has 0 spiro atoms. The Morgan fingerprint density at radius 1 is 1.18 bits per heavy atom. The predicted molar refractivity (Wildman–Crippen MR) is 83.2 cm³/mol. The fraction of sp³-hybridized carbons (Fsp3) is 0.562. The van der Waals surface area contributed by atoms with Crippen molar-refractivity contribution in [3.8, 4) is 11.5 Å². The van der Waals surface area contributed by atoms with E-state index in [1.807, 2.05) is 18.2 Å². The van der Waals surface area contributed by atoms with Crippen LogP contribution in [0.5, 0.6) is 11.5 Å². The van der Waals surface area contributed by atoms with Crippen LogP contribution in [0, 0.1) is 0 Å². The lowest BCUT2D eigenvalue weighted by atomic mass is 9.91. The quantitative estimate of drug-likeness (QED) is 0.823. The lowest BCUT2D eigenvalue weighted by Gasteiger charge is -2.34. The topological polar surface area (TPSA) is 68.8 Å². The summed E-state index contributed by atoms with van der Waals surface area (Å²) in [6.45, 7) is 2.01. The molecule has 1 aliphatic heterocycles. The Bertz CT molecular complexity index is 513. The van der Waals surface area contributed by atoms with Crippen molar-refractivity contribution >= 4 is 5.91 Å². The van der Waals surface area contributed by atoms with Gasteiger partial charge in [-0.05, 0) is 43.6 Å². The van der Waals surface area contributed by atoms with Gasteiger partial charge in [-0.3, -0.25) is 4.79 Å². The van der Waals surface area contributed by atoms with E-state index in [4.69, 9.17) is 14.2 Å². The number of hydrogen-bond acceptors (Lipinski definition) is 5. The second-order valence-corrected chi connectivity index (χ2v) is 5.32. The van der Waals surface area contributed by atoms with Gasteiger partial charge in [-0.15, -0.1) is 0 Å². The first-order chi connectivity index (χ1) is 10.6. The highest BCUT2D eigenvalue weighted by Crippen LogP contribution is 2.28. The number of benzene rings is 1. The predicted octanol–water partition coefficient (Wildman–Crippen LogP) is 1.09. The number of carbonyl (C=O) groups is 1. The number of piperidine rings is 1. The first kappa shape index (κ1) is 16.6. The van der Waals surface area contributed by atoms with E-state index >= 15 is 0 Å². The Morgan fingerprint density at radius 2 is 1.86 bits per heavy atom. The standard InChI is InChI=1S/C16H24N2O4/c1-20-13-5-4-12(10-14(13)21-2)11-18-15(19)16(22-3)6-8-17-9-7-16/h4-5,10,17H,6-9,11H2,1-3H3,(H,18,19). The summed E-state index contributed by atoms with van der Waals surface area (Å²) in [7, 11) is 4.79. The molecular weight excluding hydrogens is 284 g/mol. The smallest absolute Gasteiger partial charge is 0.252 e. The molecule has 1 fully saturated rings. The van der Waals surface area contributed by atoms with Crippen LogP contribution in [0.15, 0.2) is 18.2 Å². The van der Waals surface area contributed by atoms with E-state index in [-0.39, 0.29) is 5.91 Å². The SMILES string of the molecule is COc1ccc(CNC(=O)C2(OC)CCNCC2)cc1OC. The van der Waals surface area contributed by atoms with Gasteiger partial charge in [0.2, 0.25) is 0 Å². The van der Waals surface area contributed by atoms with Crippen LogP contribution in [-0.2, 0) is 16.1 Å². The molecule has 1 aliphatic rings. The van der Waals surface area contributed by atoms with E-state index in [0.717, 1.165) is 18.7 Å². The van der Waals surface area contributed by atoms with E-state index in [9.17, 15) is 4.79 Å². The molecule has 1 amide bonds. The molecule has 2 N–H and O–H groups in total. The third-order valence-electron chi connectivity index (χ3n) is 4.12. The molecule has 22 heavy (non-hydrogen) atoms. The van der Waals surface area contributed by atoms with Gasteiger partial charge in [-0.1, -0.05) is 6.07 Å². The summed E-state index contributed by atoms with van der Waals surface area (Å²) in [5, 5.41) is 6.20. The van der Waals surface area contributed by atoms with Gasteiger partial charge in [-0.2, -0.15) is 0 Å². The maximum absolute atomic E-state index is 12.5. The molecule has 1 saturated heterocycles. The molecule has 1 aromatic rings. The third-order valence-corrected chi connectivity index (χ3v) is 4.12. The molecule has 1 aromatic carbocycles. The molecule has 0 saturated carbocycles. The number of methoxy groups -OCH3 is 3. The minimum atomic E-state index is -0.720. The zero-order valence-corrected chi connectivity index (χ0v) is 13.4. The summed E-state index contributed by atoms with van der Waals surface area (Å²) in [5.74, 6) is 1.26. The molecule has 0 unspecified atom stereocenters. The second-order valence-electron chi connectivity index (χ2n) is 5.32. The van der Waals surface area contributed by atoms with E-state index in [1.54, 1.807) is 21.3 Å². The summed E-state index contributed by atoms with van der Waals surface area (Å²) >= 11 is 0. The zero-order valence-electron chi connectivity index (χ0n) is 13.4. The summed E-state index contributed by atoms with van der Waals surface area (Å²) in [6.07, 6.45) is 1.36. The van der Waals surface area contributed by atoms with Gasteiger partial charge < -0.3 is 24.8 Å². The van der Waals surface area contributed by atoms with Gasteiger partial charge in [-0.25, -0.2) is 0 Å². The fourth-order valence-corrected chi connectivity index (χ4v) is 2.69. The normalized spacial score (nSPS) is 16.9. The monoisotopic (exact) mass is 308 g/mol. The average Bonchev–Trinajstić information content (AvgIpc) is 2.59. The van der Waals surface area contributed by atoms with E-state index in [0.29, 0.717) is 30.9 Å². The van der Waals surface area contributed by atoms with Crippen LogP contribution >= 0.6 is 0 Å². The van der Waals surface area contributed by atoms with Gasteiger partial charge in [0.1, 0.15) is 5.60 Å². The van der Waals surface area contributed by atoms with Crippen molar-refractivity contribution < 1.29 is 19.0 Å². The van der Waals surface area contributed by atoms with Gasteiger partial charge in [0.05, 0.1) is 14.2 Å². The molecule has 0 radical (unpaired) electrons. The van der Waals surface area contributed by atoms with Crippen molar-refractivity contribution in [3.63, 3.8) is 0 Å². The lowest BCUT2D eigenvalue weighted by Crippen LogP contribution is -2.53. The van der Waals surface area contributed by atoms with E-state index in [2.05, 4.69) is 10.6 Å². The fourth-order valence-electron chi connectivity index (χ4n) is 2.69. The molecule has 0 aromatic heterocycles. The first-order valence-electron chi connectivity index (χ1n) is 7.40. The van der Waals surface area contributed by atoms with Crippen LogP contribution in [-0.4, -0.2) is 45.9 Å². The highest BCUT2D eigenvalue weighted by atomic mass is 16.5. The maximum atomic E-state index is 12.5. The molecule has 6 nitrogen and oxygen atoms in total. The minimum Gasteiger partial charge on any atom is -0.493 e. The Hall–Kier alpha value is -1.79. The van der Waals surface area contributed by atoms with Crippen molar-refractivity contribution in [1.82, 2.24) is 10.6 Å². The maximum Gasteiger partial charge on any atom is 0.252 e. The summed E-state index contributed by atoms with van der Waals surface area (Å²) in [5.41, 5.74) is 0.230. The number of ether oxygens (including phenoxy) is 3. The van der Waals surface area contributed by atoms with Crippen LogP contribution < -0.4 is 20.1 Å². The van der Waals surface area contributed by atoms with Crippen LogP contribution in [0.3, 0.4) is 0 Å². The van der Waals surface area contributed by atoms with Crippen molar-refractivity contribution in [2.24, 2.45) is 0 Å². The van der Waals surface area contributed by atoms with Crippen LogP contribution in [0.2, 0.25) is 0 Å². The number of amides is 1. The first-order valence-corrected chi connectivity index (χ1v) is 7.40. The van der Waals surface area contributed by atoms with E-state index in [1.165, 1.54) is 0 Å². The van der Waals surface area contributed by atoms with Crippen molar-refractivity contribution in [2.75, 3.05) is 34.4 Å². The van der Waals surface area contributed by atoms with Crippen molar-refractivity contribution in [1.29, 1.82) is 0 Å². The van der Waals surface area contributed by atoms with Crippen LogP contribution in [0.4, 0.5) is 0 Å². The van der Waals surface area contributed by atoms with Gasteiger partial charge in [0.25, 0.3) is 5.91 Å². The highest BCUT2D eigenvalue weighted by molar-refractivity contribution is 5.85. The molecule has 2 rings (SSSR count). The molecule has 6 heteroatoms. The van der Waals surface area contributed by atoms with Crippen LogP contribution in [0.25, 0.3) is 0 Å². The number of nitrogens with one attached hydrogen (secondary N) is 2. The Labute approximate surface area is 131 Å². The third kappa shape index (κ3) is 3.51. The molecule has 0 bridgehead atoms. The lowest BCUT2D eigenvalue weighted by molar-refractivity contribution is -0.146. The van der Waals surface area contributed by atoms with Gasteiger partial charge in [0.15, 0.2) is 11.5 Å². The van der Waals surface area contributed by atoms with Gasteiger partial charge in [0, 0.05) is 13.7 Å². The Morgan fingerprint density at radius 3 is 2.45 bits per heavy atom. The Kier molecular flexibility index (Phi) is 5.63. The van der Waals surface area contributed by atoms with E-state index < -0.39 is 5.60 Å². The summed E-state index contributed by atoms with van der Waals surface area (Å²) in [6, 6.07) is 5.60. The van der Waals surface area contributed by atoms with Gasteiger partial charge >= 0.3 is 0 Å². The van der Waals surface area contributed by atoms with Crippen LogP contribution in [0.1, 0.15) is 18.4 Å². The highest BCUT2D eigenvalue weighted by Gasteiger charge is 2.39. The number of rotatable bonds is 6. The summed E-state index contributed by atoms with van der Waals surface area (Å²) < 4.78 is 16.0. The number of carbonyl (C=O) groups excluding carboxylic acids is 1.